The third-order valence-electron chi connectivity index (χ3n) is 2.99. The zero-order valence-electron chi connectivity index (χ0n) is 11.4. The van der Waals surface area contributed by atoms with E-state index in [1.807, 2.05) is 37.3 Å². The lowest BCUT2D eigenvalue weighted by atomic mass is 10.1. The fraction of sp³-hybridized carbons (Fsp3) is 0.188. The van der Waals surface area contributed by atoms with Crippen LogP contribution in [-0.4, -0.2) is 11.0 Å². The zero-order valence-corrected chi connectivity index (χ0v) is 11.4. The minimum absolute atomic E-state index is 0.00377. The van der Waals surface area contributed by atoms with E-state index in [9.17, 15) is 4.79 Å². The first-order chi connectivity index (χ1) is 9.58. The van der Waals surface area contributed by atoms with Gasteiger partial charge in [0, 0.05) is 17.8 Å². The van der Waals surface area contributed by atoms with Crippen molar-refractivity contribution in [3.05, 3.63) is 64.7 Å². The highest BCUT2D eigenvalue weighted by molar-refractivity contribution is 5.95. The molecule has 0 aliphatic rings. The maximum Gasteiger partial charge on any atom is 0.251 e. The van der Waals surface area contributed by atoms with Crippen molar-refractivity contribution >= 4 is 11.6 Å². The van der Waals surface area contributed by atoms with Crippen molar-refractivity contribution in [1.29, 1.82) is 0 Å². The van der Waals surface area contributed by atoms with Crippen LogP contribution in [0, 0.1) is 6.92 Å². The number of amides is 1. The molecule has 0 saturated carbocycles. The van der Waals surface area contributed by atoms with Crippen molar-refractivity contribution in [2.24, 2.45) is 0 Å². The van der Waals surface area contributed by atoms with Crippen LogP contribution in [0.4, 0.5) is 5.69 Å². The molecule has 0 bridgehead atoms. The molecule has 104 valence electrons. The molecule has 0 aliphatic carbocycles. The van der Waals surface area contributed by atoms with Crippen molar-refractivity contribution in [3.63, 3.8) is 0 Å². The molecule has 2 aromatic rings. The topological polar surface area (TPSA) is 75.4 Å². The van der Waals surface area contributed by atoms with E-state index in [1.165, 1.54) is 0 Å². The molecule has 0 atom stereocenters. The van der Waals surface area contributed by atoms with E-state index in [0.717, 1.165) is 16.7 Å². The summed E-state index contributed by atoms with van der Waals surface area (Å²) >= 11 is 0. The van der Waals surface area contributed by atoms with Gasteiger partial charge in [-0.1, -0.05) is 24.3 Å². The lowest BCUT2D eigenvalue weighted by molar-refractivity contribution is 0.0951. The second-order valence-electron chi connectivity index (χ2n) is 4.79. The Balaban J connectivity index is 2.04. The first kappa shape index (κ1) is 14.1. The Hall–Kier alpha value is -2.33. The SMILES string of the molecule is Cc1cc(N)cc(C(=O)NCc2cccc(CO)c2)c1. The van der Waals surface area contributed by atoms with Crippen LogP contribution in [0.25, 0.3) is 0 Å². The Morgan fingerprint density at radius 2 is 1.95 bits per heavy atom. The number of nitrogen functional groups attached to an aromatic ring is 1. The Labute approximate surface area is 118 Å². The molecule has 0 radical (unpaired) electrons. The van der Waals surface area contributed by atoms with Gasteiger partial charge in [-0.25, -0.2) is 0 Å². The molecule has 4 heteroatoms. The molecule has 2 aromatic carbocycles. The average molecular weight is 270 g/mol. The second kappa shape index (κ2) is 6.21. The van der Waals surface area contributed by atoms with Gasteiger partial charge in [-0.2, -0.15) is 0 Å². The molecule has 1 amide bonds. The summed E-state index contributed by atoms with van der Waals surface area (Å²) < 4.78 is 0. The molecule has 0 fully saturated rings. The van der Waals surface area contributed by atoms with E-state index >= 15 is 0 Å². The van der Waals surface area contributed by atoms with Crippen LogP contribution >= 0.6 is 0 Å². The standard InChI is InChI=1S/C16H18N2O2/c1-11-5-14(8-15(17)6-11)16(20)18-9-12-3-2-4-13(7-12)10-19/h2-8,19H,9-10,17H2,1H3,(H,18,20). The average Bonchev–Trinajstić information content (AvgIpc) is 2.44. The van der Waals surface area contributed by atoms with E-state index in [-0.39, 0.29) is 12.5 Å². The van der Waals surface area contributed by atoms with Crippen LogP contribution in [0.5, 0.6) is 0 Å². The number of aryl methyl sites for hydroxylation is 1. The number of aliphatic hydroxyl groups excluding tert-OH is 1. The lowest BCUT2D eigenvalue weighted by Gasteiger charge is -2.08. The van der Waals surface area contributed by atoms with Gasteiger partial charge in [0.1, 0.15) is 0 Å². The number of aliphatic hydroxyl groups is 1. The van der Waals surface area contributed by atoms with Gasteiger partial charge in [-0.3, -0.25) is 4.79 Å². The van der Waals surface area contributed by atoms with Gasteiger partial charge < -0.3 is 16.2 Å². The molecule has 0 spiro atoms. The zero-order chi connectivity index (χ0) is 14.5. The molecule has 4 N–H and O–H groups in total. The fourth-order valence-corrected chi connectivity index (χ4v) is 2.07. The molecule has 20 heavy (non-hydrogen) atoms. The molecule has 0 aromatic heterocycles. The number of carbonyl (C=O) groups excluding carboxylic acids is 1. The Bertz CT molecular complexity index is 603. The maximum absolute atomic E-state index is 12.1. The summed E-state index contributed by atoms with van der Waals surface area (Å²) in [5.74, 6) is -0.158. The van der Waals surface area contributed by atoms with Crippen LogP contribution in [-0.2, 0) is 13.2 Å². The first-order valence-electron chi connectivity index (χ1n) is 6.42. The lowest BCUT2D eigenvalue weighted by Crippen LogP contribution is -2.23. The number of nitrogens with one attached hydrogen (secondary N) is 1. The van der Waals surface area contributed by atoms with Crippen LogP contribution in [0.3, 0.4) is 0 Å². The highest BCUT2D eigenvalue weighted by atomic mass is 16.3. The van der Waals surface area contributed by atoms with Gasteiger partial charge in [-0.05, 0) is 41.8 Å². The van der Waals surface area contributed by atoms with Crippen molar-refractivity contribution in [1.82, 2.24) is 5.32 Å². The normalized spacial score (nSPS) is 10.3. The minimum atomic E-state index is -0.158. The summed E-state index contributed by atoms with van der Waals surface area (Å²) in [5, 5.41) is 11.9. The highest BCUT2D eigenvalue weighted by Crippen LogP contribution is 2.11. The molecule has 2 rings (SSSR count). The molecule has 4 nitrogen and oxygen atoms in total. The Morgan fingerprint density at radius 3 is 2.65 bits per heavy atom. The molecular weight excluding hydrogens is 252 g/mol. The molecule has 0 heterocycles. The number of hydrogen-bond donors (Lipinski definition) is 3. The van der Waals surface area contributed by atoms with Crippen molar-refractivity contribution in [2.45, 2.75) is 20.1 Å². The summed E-state index contributed by atoms with van der Waals surface area (Å²) in [6.07, 6.45) is 0. The third kappa shape index (κ3) is 3.59. The van der Waals surface area contributed by atoms with Crippen LogP contribution < -0.4 is 11.1 Å². The van der Waals surface area contributed by atoms with Crippen molar-refractivity contribution in [2.75, 3.05) is 5.73 Å². The Morgan fingerprint density at radius 1 is 1.20 bits per heavy atom. The quantitative estimate of drug-likeness (QED) is 0.744. The summed E-state index contributed by atoms with van der Waals surface area (Å²) in [6, 6.07) is 12.8. The summed E-state index contributed by atoms with van der Waals surface area (Å²) in [5.41, 5.74) is 9.61. The molecule has 0 saturated heterocycles. The van der Waals surface area contributed by atoms with Gasteiger partial charge in [-0.15, -0.1) is 0 Å². The predicted molar refractivity (Wildman–Crippen MR) is 79.1 cm³/mol. The monoisotopic (exact) mass is 270 g/mol. The Kier molecular flexibility index (Phi) is 4.38. The smallest absolute Gasteiger partial charge is 0.251 e. The van der Waals surface area contributed by atoms with Crippen molar-refractivity contribution in [3.8, 4) is 0 Å². The number of carbonyl (C=O) groups is 1. The largest absolute Gasteiger partial charge is 0.399 e. The van der Waals surface area contributed by atoms with Gasteiger partial charge in [0.25, 0.3) is 5.91 Å². The molecule has 0 aliphatic heterocycles. The van der Waals surface area contributed by atoms with E-state index in [2.05, 4.69) is 5.32 Å². The molecular formula is C16H18N2O2. The number of nitrogens with two attached hydrogens (primary N) is 1. The predicted octanol–water partition coefficient (Wildman–Crippen LogP) is 2.00. The van der Waals surface area contributed by atoms with E-state index in [1.54, 1.807) is 12.1 Å². The summed E-state index contributed by atoms with van der Waals surface area (Å²) in [6.45, 7) is 2.31. The third-order valence-corrected chi connectivity index (χ3v) is 2.99. The summed E-state index contributed by atoms with van der Waals surface area (Å²) in [4.78, 5) is 12.1. The van der Waals surface area contributed by atoms with Gasteiger partial charge in [0.15, 0.2) is 0 Å². The van der Waals surface area contributed by atoms with Gasteiger partial charge in [0.05, 0.1) is 6.61 Å². The highest BCUT2D eigenvalue weighted by Gasteiger charge is 2.06. The van der Waals surface area contributed by atoms with Crippen LogP contribution in [0.15, 0.2) is 42.5 Å². The van der Waals surface area contributed by atoms with E-state index in [0.29, 0.717) is 17.8 Å². The summed E-state index contributed by atoms with van der Waals surface area (Å²) in [7, 11) is 0. The number of anilines is 1. The maximum atomic E-state index is 12.1. The molecule has 0 unspecified atom stereocenters. The fourth-order valence-electron chi connectivity index (χ4n) is 2.07. The number of rotatable bonds is 4. The number of hydrogen-bond acceptors (Lipinski definition) is 3. The van der Waals surface area contributed by atoms with Crippen LogP contribution in [0.2, 0.25) is 0 Å². The minimum Gasteiger partial charge on any atom is -0.399 e. The number of benzene rings is 2. The van der Waals surface area contributed by atoms with Gasteiger partial charge in [0.2, 0.25) is 0 Å². The van der Waals surface area contributed by atoms with Gasteiger partial charge >= 0.3 is 0 Å². The van der Waals surface area contributed by atoms with Crippen molar-refractivity contribution < 1.29 is 9.90 Å². The first-order valence-corrected chi connectivity index (χ1v) is 6.42. The van der Waals surface area contributed by atoms with E-state index in [4.69, 9.17) is 10.8 Å². The second-order valence-corrected chi connectivity index (χ2v) is 4.79. The van der Waals surface area contributed by atoms with E-state index < -0.39 is 0 Å². The van der Waals surface area contributed by atoms with Crippen LogP contribution in [0.1, 0.15) is 27.0 Å².